The van der Waals surface area contributed by atoms with Crippen LogP contribution in [0.4, 0.5) is 0 Å². The Bertz CT molecular complexity index is 658. The third-order valence-electron chi connectivity index (χ3n) is 3.36. The van der Waals surface area contributed by atoms with Crippen molar-refractivity contribution >= 4 is 5.78 Å². The van der Waals surface area contributed by atoms with E-state index in [1.165, 1.54) is 5.56 Å². The van der Waals surface area contributed by atoms with E-state index in [-0.39, 0.29) is 12.4 Å². The minimum Gasteiger partial charge on any atom is -0.486 e. The van der Waals surface area contributed by atoms with Crippen LogP contribution in [0.5, 0.6) is 5.75 Å². The molecule has 2 rings (SSSR count). The summed E-state index contributed by atoms with van der Waals surface area (Å²) < 4.78 is 5.48. The molecule has 112 valence electrons. The molecule has 4 nitrogen and oxygen atoms in total. The number of benzene rings is 1. The summed E-state index contributed by atoms with van der Waals surface area (Å²) in [4.78, 5) is 16.2. The summed E-state index contributed by atoms with van der Waals surface area (Å²) in [5.41, 5.74) is 1.66. The van der Waals surface area contributed by atoms with Crippen LogP contribution in [0.15, 0.2) is 48.7 Å². The van der Waals surface area contributed by atoms with Crippen molar-refractivity contribution in [3.8, 4) is 11.8 Å². The lowest BCUT2D eigenvalue weighted by Crippen LogP contribution is -2.19. The average molecular weight is 294 g/mol. The highest BCUT2D eigenvalue weighted by atomic mass is 16.5. The molecule has 0 spiro atoms. The molecule has 22 heavy (non-hydrogen) atoms. The molecule has 0 aliphatic heterocycles. The Morgan fingerprint density at radius 1 is 1.23 bits per heavy atom. The first-order chi connectivity index (χ1) is 10.6. The summed E-state index contributed by atoms with van der Waals surface area (Å²) >= 11 is 0. The molecular weight excluding hydrogens is 276 g/mol. The number of nitriles is 1. The summed E-state index contributed by atoms with van der Waals surface area (Å²) in [5.74, 6) is -0.122. The third kappa shape index (κ3) is 3.92. The Kier molecular flexibility index (Phi) is 5.26. The molecule has 0 fully saturated rings. The molecule has 2 aromatic rings. The number of nitrogens with zero attached hydrogens (tertiary/aromatic N) is 2. The molecule has 0 unspecified atom stereocenters. The molecule has 0 amide bonds. The lowest BCUT2D eigenvalue weighted by Gasteiger charge is -2.10. The van der Waals surface area contributed by atoms with Gasteiger partial charge in [-0.1, -0.05) is 32.0 Å². The number of hydrogen-bond acceptors (Lipinski definition) is 4. The van der Waals surface area contributed by atoms with Gasteiger partial charge in [0.25, 0.3) is 0 Å². The zero-order valence-electron chi connectivity index (χ0n) is 12.7. The Balaban J connectivity index is 1.98. The SMILES string of the molecule is CC(C)c1ccc(OCC(=O)[C@H](C#N)c2ccccn2)cc1. The molecule has 0 saturated heterocycles. The van der Waals surface area contributed by atoms with Crippen molar-refractivity contribution in [3.05, 3.63) is 59.9 Å². The van der Waals surface area contributed by atoms with Gasteiger partial charge >= 0.3 is 0 Å². The first kappa shape index (κ1) is 15.7. The fourth-order valence-corrected chi connectivity index (χ4v) is 2.04. The monoisotopic (exact) mass is 294 g/mol. The molecule has 0 N–H and O–H groups in total. The van der Waals surface area contributed by atoms with Crippen LogP contribution >= 0.6 is 0 Å². The Morgan fingerprint density at radius 3 is 2.50 bits per heavy atom. The van der Waals surface area contributed by atoms with Gasteiger partial charge in [0.05, 0.1) is 11.8 Å². The van der Waals surface area contributed by atoms with Gasteiger partial charge in [-0.25, -0.2) is 0 Å². The van der Waals surface area contributed by atoms with Gasteiger partial charge < -0.3 is 4.74 Å². The zero-order valence-corrected chi connectivity index (χ0v) is 12.7. The number of carbonyl (C=O) groups excluding carboxylic acids is 1. The Morgan fingerprint density at radius 2 is 1.95 bits per heavy atom. The summed E-state index contributed by atoms with van der Waals surface area (Å²) in [7, 11) is 0. The fraction of sp³-hybridized carbons (Fsp3) is 0.278. The highest BCUT2D eigenvalue weighted by Gasteiger charge is 2.21. The Labute approximate surface area is 130 Å². The van der Waals surface area contributed by atoms with E-state index in [1.807, 2.05) is 30.3 Å². The smallest absolute Gasteiger partial charge is 0.193 e. The van der Waals surface area contributed by atoms with Crippen LogP contribution in [0.2, 0.25) is 0 Å². The first-order valence-electron chi connectivity index (χ1n) is 7.18. The van der Waals surface area contributed by atoms with E-state index >= 15 is 0 Å². The maximum Gasteiger partial charge on any atom is 0.193 e. The van der Waals surface area contributed by atoms with E-state index in [0.717, 1.165) is 0 Å². The number of ether oxygens (including phenoxy) is 1. The molecule has 4 heteroatoms. The standard InChI is InChI=1S/C18H18N2O2/c1-13(2)14-6-8-15(9-7-14)22-12-18(21)16(11-19)17-5-3-4-10-20-17/h3-10,13,16H,12H2,1-2H3/t16-/m1/s1. The van der Waals surface area contributed by atoms with E-state index in [1.54, 1.807) is 24.4 Å². The van der Waals surface area contributed by atoms with Crippen LogP contribution in [0, 0.1) is 11.3 Å². The highest BCUT2D eigenvalue weighted by Crippen LogP contribution is 2.19. The number of ketones is 1. The number of carbonyl (C=O) groups is 1. The molecule has 1 atom stereocenters. The summed E-state index contributed by atoms with van der Waals surface area (Å²) in [5, 5.41) is 9.18. The van der Waals surface area contributed by atoms with E-state index in [4.69, 9.17) is 4.74 Å². The molecular formula is C18H18N2O2. The summed E-state index contributed by atoms with van der Waals surface area (Å²) in [6.45, 7) is 4.09. The van der Waals surface area contributed by atoms with Crippen molar-refractivity contribution in [2.24, 2.45) is 0 Å². The van der Waals surface area contributed by atoms with Crippen LogP contribution < -0.4 is 4.74 Å². The van der Waals surface area contributed by atoms with Crippen LogP contribution in [-0.4, -0.2) is 17.4 Å². The lowest BCUT2D eigenvalue weighted by atomic mass is 10.0. The molecule has 0 aliphatic carbocycles. The third-order valence-corrected chi connectivity index (χ3v) is 3.36. The van der Waals surface area contributed by atoms with E-state index in [9.17, 15) is 10.1 Å². The van der Waals surface area contributed by atoms with Gasteiger partial charge in [-0.3, -0.25) is 9.78 Å². The van der Waals surface area contributed by atoms with Crippen molar-refractivity contribution in [1.82, 2.24) is 4.98 Å². The van der Waals surface area contributed by atoms with Gasteiger partial charge in [0.15, 0.2) is 11.7 Å². The second-order valence-corrected chi connectivity index (χ2v) is 5.30. The van der Waals surface area contributed by atoms with Gasteiger partial charge in [0.1, 0.15) is 12.4 Å². The van der Waals surface area contributed by atoms with Gasteiger partial charge in [-0.15, -0.1) is 0 Å². The topological polar surface area (TPSA) is 63.0 Å². The van der Waals surface area contributed by atoms with E-state index < -0.39 is 5.92 Å². The molecule has 1 aromatic heterocycles. The summed E-state index contributed by atoms with van der Waals surface area (Å²) in [6.07, 6.45) is 1.57. The average Bonchev–Trinajstić information content (AvgIpc) is 2.55. The largest absolute Gasteiger partial charge is 0.486 e. The first-order valence-corrected chi connectivity index (χ1v) is 7.18. The highest BCUT2D eigenvalue weighted by molar-refractivity contribution is 5.89. The molecule has 1 heterocycles. The second-order valence-electron chi connectivity index (χ2n) is 5.30. The second kappa shape index (κ2) is 7.37. The van der Waals surface area contributed by atoms with Crippen molar-refractivity contribution in [2.75, 3.05) is 6.61 Å². The minimum atomic E-state index is -0.892. The van der Waals surface area contributed by atoms with Gasteiger partial charge in [0.2, 0.25) is 0 Å². The normalized spacial score (nSPS) is 11.7. The maximum absolute atomic E-state index is 12.1. The number of rotatable bonds is 6. The van der Waals surface area contributed by atoms with E-state index in [2.05, 4.69) is 18.8 Å². The predicted octanol–water partition coefficient (Wildman–Crippen LogP) is 3.46. The molecule has 0 radical (unpaired) electrons. The fourth-order valence-electron chi connectivity index (χ4n) is 2.04. The maximum atomic E-state index is 12.1. The molecule has 0 saturated carbocycles. The van der Waals surface area contributed by atoms with Crippen molar-refractivity contribution < 1.29 is 9.53 Å². The molecule has 0 bridgehead atoms. The summed E-state index contributed by atoms with van der Waals surface area (Å²) in [6, 6.07) is 14.8. The Hall–Kier alpha value is -2.67. The van der Waals surface area contributed by atoms with Crippen molar-refractivity contribution in [1.29, 1.82) is 5.26 Å². The number of aromatic nitrogens is 1. The predicted molar refractivity (Wildman–Crippen MR) is 83.6 cm³/mol. The van der Waals surface area contributed by atoms with Crippen LogP contribution in [-0.2, 0) is 4.79 Å². The number of Topliss-reactive ketones (excluding diaryl/α,β-unsaturated/α-hetero) is 1. The number of hydrogen-bond donors (Lipinski definition) is 0. The van der Waals surface area contributed by atoms with Crippen molar-refractivity contribution in [2.45, 2.75) is 25.7 Å². The van der Waals surface area contributed by atoms with Gasteiger partial charge in [-0.05, 0) is 35.7 Å². The van der Waals surface area contributed by atoms with Crippen LogP contribution in [0.3, 0.4) is 0 Å². The minimum absolute atomic E-state index is 0.143. The van der Waals surface area contributed by atoms with Gasteiger partial charge in [0, 0.05) is 6.20 Å². The zero-order chi connectivity index (χ0) is 15.9. The van der Waals surface area contributed by atoms with Crippen LogP contribution in [0.25, 0.3) is 0 Å². The van der Waals surface area contributed by atoms with Crippen molar-refractivity contribution in [3.63, 3.8) is 0 Å². The molecule has 0 aliphatic rings. The van der Waals surface area contributed by atoms with Gasteiger partial charge in [-0.2, -0.15) is 5.26 Å². The number of pyridine rings is 1. The van der Waals surface area contributed by atoms with Crippen LogP contribution in [0.1, 0.15) is 36.9 Å². The van der Waals surface area contributed by atoms with E-state index in [0.29, 0.717) is 17.4 Å². The quantitative estimate of drug-likeness (QED) is 0.818. The lowest BCUT2D eigenvalue weighted by molar-refractivity contribution is -0.121. The molecule has 1 aromatic carbocycles.